The first kappa shape index (κ1) is 13.0. The number of nitrogens with one attached hydrogen (secondary N) is 1. The van der Waals surface area contributed by atoms with Gasteiger partial charge in [-0.25, -0.2) is 0 Å². The Morgan fingerprint density at radius 1 is 1.56 bits per heavy atom. The van der Waals surface area contributed by atoms with Gasteiger partial charge in [-0.15, -0.1) is 0 Å². The van der Waals surface area contributed by atoms with Crippen molar-refractivity contribution in [2.24, 2.45) is 5.92 Å². The summed E-state index contributed by atoms with van der Waals surface area (Å²) in [5.74, 6) is 0.412. The fraction of sp³-hybridized carbons (Fsp3) is 0.636. The van der Waals surface area contributed by atoms with Crippen LogP contribution in [0.2, 0.25) is 5.02 Å². The van der Waals surface area contributed by atoms with Crippen LogP contribution in [0.3, 0.4) is 0 Å². The van der Waals surface area contributed by atoms with Crippen molar-refractivity contribution in [2.75, 3.05) is 6.54 Å². The Hall–Kier alpha value is -1.03. The number of aromatic nitrogens is 2. The predicted molar refractivity (Wildman–Crippen MR) is 64.5 cm³/mol. The van der Waals surface area contributed by atoms with E-state index in [1.165, 1.54) is 0 Å². The molecule has 1 rings (SSSR count). The first-order chi connectivity index (χ1) is 7.43. The molecule has 1 heterocycles. The number of hydrogen-bond acceptors (Lipinski definition) is 2. The van der Waals surface area contributed by atoms with Crippen LogP contribution < -0.4 is 5.32 Å². The van der Waals surface area contributed by atoms with Crippen molar-refractivity contribution in [3.8, 4) is 0 Å². The molecule has 1 amide bonds. The van der Waals surface area contributed by atoms with Crippen LogP contribution in [0.5, 0.6) is 0 Å². The van der Waals surface area contributed by atoms with E-state index in [4.69, 9.17) is 11.6 Å². The molecule has 1 aromatic heterocycles. The second-order valence-corrected chi connectivity index (χ2v) is 4.74. The second kappa shape index (κ2) is 5.34. The number of halogens is 1. The molecule has 4 nitrogen and oxygen atoms in total. The normalized spacial score (nSPS) is 12.9. The summed E-state index contributed by atoms with van der Waals surface area (Å²) < 4.78 is 1.64. The maximum Gasteiger partial charge on any atom is 0.244 e. The Morgan fingerprint density at radius 2 is 2.19 bits per heavy atom. The lowest BCUT2D eigenvalue weighted by Gasteiger charge is -2.15. The van der Waals surface area contributed by atoms with Crippen molar-refractivity contribution in [1.82, 2.24) is 15.1 Å². The Bertz CT molecular complexity index is 373. The van der Waals surface area contributed by atoms with Crippen molar-refractivity contribution >= 4 is 17.5 Å². The zero-order valence-corrected chi connectivity index (χ0v) is 10.9. The fourth-order valence-corrected chi connectivity index (χ4v) is 1.49. The Kier molecular flexibility index (Phi) is 4.35. The van der Waals surface area contributed by atoms with Crippen LogP contribution in [-0.4, -0.2) is 22.2 Å². The molecule has 0 bridgehead atoms. The smallest absolute Gasteiger partial charge is 0.244 e. The van der Waals surface area contributed by atoms with Crippen molar-refractivity contribution in [1.29, 1.82) is 0 Å². The van der Waals surface area contributed by atoms with E-state index >= 15 is 0 Å². The minimum absolute atomic E-state index is 0.0310. The highest BCUT2D eigenvalue weighted by Crippen LogP contribution is 2.17. The third-order valence-corrected chi connectivity index (χ3v) is 2.79. The number of hydrogen-bond donors (Lipinski definition) is 1. The van der Waals surface area contributed by atoms with E-state index in [0.29, 0.717) is 17.5 Å². The fourth-order valence-electron chi connectivity index (χ4n) is 1.36. The molecular weight excluding hydrogens is 226 g/mol. The largest absolute Gasteiger partial charge is 0.354 e. The van der Waals surface area contributed by atoms with Crippen molar-refractivity contribution in [3.63, 3.8) is 0 Å². The zero-order valence-electron chi connectivity index (χ0n) is 10.1. The van der Waals surface area contributed by atoms with Gasteiger partial charge in [0.05, 0.1) is 16.9 Å². The van der Waals surface area contributed by atoms with E-state index in [0.717, 1.165) is 5.69 Å². The van der Waals surface area contributed by atoms with Gasteiger partial charge in [0.2, 0.25) is 5.91 Å². The van der Waals surface area contributed by atoms with Gasteiger partial charge >= 0.3 is 0 Å². The molecule has 0 aliphatic rings. The van der Waals surface area contributed by atoms with E-state index in [1.54, 1.807) is 10.9 Å². The molecule has 1 aromatic rings. The summed E-state index contributed by atoms with van der Waals surface area (Å²) in [6, 6.07) is -0.328. The highest BCUT2D eigenvalue weighted by molar-refractivity contribution is 6.31. The van der Waals surface area contributed by atoms with Crippen LogP contribution in [-0.2, 0) is 4.79 Å². The van der Waals surface area contributed by atoms with Crippen LogP contribution in [0.25, 0.3) is 0 Å². The predicted octanol–water partition coefficient (Wildman–Crippen LogP) is 2.18. The van der Waals surface area contributed by atoms with E-state index in [-0.39, 0.29) is 11.9 Å². The topological polar surface area (TPSA) is 46.9 Å². The molecular formula is C11H18ClN3O. The van der Waals surface area contributed by atoms with Gasteiger partial charge in [0.25, 0.3) is 0 Å². The van der Waals surface area contributed by atoms with Crippen LogP contribution in [0.15, 0.2) is 6.20 Å². The summed E-state index contributed by atoms with van der Waals surface area (Å²) in [7, 11) is 0. The lowest BCUT2D eigenvalue weighted by atomic mass is 10.2. The zero-order chi connectivity index (χ0) is 12.3. The first-order valence-corrected chi connectivity index (χ1v) is 5.78. The third-order valence-electron chi connectivity index (χ3n) is 2.42. The van der Waals surface area contributed by atoms with Gasteiger partial charge in [-0.1, -0.05) is 25.4 Å². The summed E-state index contributed by atoms with van der Waals surface area (Å²) in [6.07, 6.45) is 1.56. The van der Waals surface area contributed by atoms with Crippen molar-refractivity contribution in [3.05, 3.63) is 16.9 Å². The van der Waals surface area contributed by atoms with Crippen LogP contribution in [0, 0.1) is 12.8 Å². The molecule has 5 heteroatoms. The van der Waals surface area contributed by atoms with E-state index in [2.05, 4.69) is 24.3 Å². The van der Waals surface area contributed by atoms with Gasteiger partial charge in [0.15, 0.2) is 0 Å². The Morgan fingerprint density at radius 3 is 2.62 bits per heavy atom. The van der Waals surface area contributed by atoms with Gasteiger partial charge in [-0.05, 0) is 19.8 Å². The summed E-state index contributed by atoms with van der Waals surface area (Å²) in [6.45, 7) is 8.45. The number of carbonyl (C=O) groups excluding carboxylic acids is 1. The minimum Gasteiger partial charge on any atom is -0.354 e. The number of nitrogens with zero attached hydrogens (tertiary/aromatic N) is 2. The van der Waals surface area contributed by atoms with Crippen molar-refractivity contribution < 1.29 is 4.79 Å². The highest BCUT2D eigenvalue weighted by Gasteiger charge is 2.18. The molecule has 0 spiro atoms. The van der Waals surface area contributed by atoms with Crippen LogP contribution >= 0.6 is 11.6 Å². The van der Waals surface area contributed by atoms with Crippen LogP contribution in [0.1, 0.15) is 32.5 Å². The minimum atomic E-state index is -0.328. The Balaban J connectivity index is 2.67. The van der Waals surface area contributed by atoms with E-state index < -0.39 is 0 Å². The van der Waals surface area contributed by atoms with Gasteiger partial charge in [-0.3, -0.25) is 9.48 Å². The molecule has 0 saturated carbocycles. The monoisotopic (exact) mass is 243 g/mol. The maximum absolute atomic E-state index is 11.8. The van der Waals surface area contributed by atoms with Gasteiger partial charge in [-0.2, -0.15) is 5.10 Å². The highest BCUT2D eigenvalue weighted by atomic mass is 35.5. The van der Waals surface area contributed by atoms with Gasteiger partial charge in [0, 0.05) is 6.54 Å². The van der Waals surface area contributed by atoms with Gasteiger partial charge in [0.1, 0.15) is 6.04 Å². The van der Waals surface area contributed by atoms with Gasteiger partial charge < -0.3 is 5.32 Å². The first-order valence-electron chi connectivity index (χ1n) is 5.40. The summed E-state index contributed by atoms with van der Waals surface area (Å²) >= 11 is 5.89. The average Bonchev–Trinajstić information content (AvgIpc) is 2.55. The molecule has 0 aliphatic heterocycles. The maximum atomic E-state index is 11.8. The molecule has 0 radical (unpaired) electrons. The second-order valence-electron chi connectivity index (χ2n) is 4.34. The lowest BCUT2D eigenvalue weighted by molar-refractivity contribution is -0.124. The lowest BCUT2D eigenvalue weighted by Crippen LogP contribution is -2.34. The third kappa shape index (κ3) is 2.98. The molecule has 16 heavy (non-hydrogen) atoms. The number of carbonyl (C=O) groups is 1. The average molecular weight is 244 g/mol. The van der Waals surface area contributed by atoms with E-state index in [1.807, 2.05) is 13.8 Å². The SMILES string of the molecule is Cc1c(Cl)cnn1C(C)C(=O)NCC(C)C. The van der Waals surface area contributed by atoms with Crippen molar-refractivity contribution in [2.45, 2.75) is 33.7 Å². The molecule has 0 fully saturated rings. The summed E-state index contributed by atoms with van der Waals surface area (Å²) in [4.78, 5) is 11.8. The van der Waals surface area contributed by atoms with Crippen LogP contribution in [0.4, 0.5) is 0 Å². The standard InChI is InChI=1S/C11H18ClN3O/c1-7(2)5-13-11(16)9(4)15-8(3)10(12)6-14-15/h6-7,9H,5H2,1-4H3,(H,13,16). The molecule has 1 N–H and O–H groups in total. The van der Waals surface area contributed by atoms with E-state index in [9.17, 15) is 4.79 Å². The molecule has 0 aromatic carbocycles. The quantitative estimate of drug-likeness (QED) is 0.881. The Labute approximate surface area is 101 Å². The molecule has 0 aliphatic carbocycles. The summed E-state index contributed by atoms with van der Waals surface area (Å²) in [5.41, 5.74) is 0.814. The number of amides is 1. The summed E-state index contributed by atoms with van der Waals surface area (Å²) in [5, 5.41) is 7.55. The molecule has 90 valence electrons. The molecule has 0 saturated heterocycles. The molecule has 1 unspecified atom stereocenters. The number of rotatable bonds is 4. The molecule has 1 atom stereocenters.